The average molecular weight is 600 g/mol. The molecule has 0 radical (unpaired) electrons. The summed E-state index contributed by atoms with van der Waals surface area (Å²) in [6, 6.07) is 7.92. The third-order valence-corrected chi connectivity index (χ3v) is 7.92. The van der Waals surface area contributed by atoms with Gasteiger partial charge in [-0.25, -0.2) is 0 Å². The van der Waals surface area contributed by atoms with Gasteiger partial charge in [0.2, 0.25) is 0 Å². The van der Waals surface area contributed by atoms with Crippen molar-refractivity contribution in [2.45, 2.75) is 50.5 Å². The first-order chi connectivity index (χ1) is 16.2. The molecular weight excluding hydrogens is 564 g/mol. The number of hydrogen-bond acceptors (Lipinski definition) is 6. The van der Waals surface area contributed by atoms with Gasteiger partial charge in [0.05, 0.1) is 32.1 Å². The van der Waals surface area contributed by atoms with E-state index in [1.54, 1.807) is 14.2 Å². The predicted octanol–water partition coefficient (Wildman–Crippen LogP) is 5.60. The maximum absolute atomic E-state index is 11.3. The van der Waals surface area contributed by atoms with Gasteiger partial charge in [-0.1, -0.05) is 0 Å². The van der Waals surface area contributed by atoms with Gasteiger partial charge in [-0.15, -0.1) is 0 Å². The molecule has 0 unspecified atom stereocenters. The number of halogens is 2. The number of aliphatic hydroxyl groups is 1. The fourth-order valence-electron chi connectivity index (χ4n) is 4.50. The number of ether oxygens (including phenoxy) is 3. The van der Waals surface area contributed by atoms with E-state index in [4.69, 9.17) is 19.9 Å². The molecule has 3 rings (SSSR count). The van der Waals surface area contributed by atoms with Crippen molar-refractivity contribution in [1.29, 1.82) is 0 Å². The van der Waals surface area contributed by atoms with Gasteiger partial charge in [-0.05, 0) is 126 Å². The molecule has 3 N–H and O–H groups in total. The van der Waals surface area contributed by atoms with Gasteiger partial charge < -0.3 is 30.0 Å². The summed E-state index contributed by atoms with van der Waals surface area (Å²) in [6.45, 7) is 2.54. The number of nitrogen functional groups attached to an aromatic ring is 1. The van der Waals surface area contributed by atoms with Crippen LogP contribution in [-0.2, 0) is 12.8 Å². The molecule has 0 aromatic heterocycles. The zero-order chi connectivity index (χ0) is 24.7. The molecule has 188 valence electrons. The van der Waals surface area contributed by atoms with Crippen molar-refractivity contribution >= 4 is 37.5 Å². The lowest BCUT2D eigenvalue weighted by molar-refractivity contribution is 0.0134. The van der Waals surface area contributed by atoms with Crippen LogP contribution in [-0.4, -0.2) is 56.6 Å². The Morgan fingerprint density at radius 3 is 2.00 bits per heavy atom. The number of methoxy groups -OCH3 is 2. The van der Waals surface area contributed by atoms with Crippen molar-refractivity contribution < 1.29 is 19.3 Å². The first-order valence-corrected chi connectivity index (χ1v) is 13.4. The standard InChI is InChI=1S/C26H36Br2N2O4/c1-30(12-5-13-34-20-16-21(27)25(29)22(28)17-20)11-4-8-26(31)9-6-18-14-23(32-2)24(33-3)15-19(18)7-10-26/h14-17,31H,4-13,29H2,1-3H3. The van der Waals surface area contributed by atoms with E-state index in [-0.39, 0.29) is 0 Å². The van der Waals surface area contributed by atoms with Crippen LogP contribution in [0.4, 0.5) is 5.69 Å². The lowest BCUT2D eigenvalue weighted by Crippen LogP contribution is -2.31. The molecule has 0 aliphatic heterocycles. The number of aryl methyl sites for hydroxylation is 2. The molecule has 0 saturated heterocycles. The topological polar surface area (TPSA) is 77.2 Å². The number of nitrogens with two attached hydrogens (primary N) is 1. The highest BCUT2D eigenvalue weighted by atomic mass is 79.9. The summed E-state index contributed by atoms with van der Waals surface area (Å²) in [5.41, 5.74) is 8.48. The highest BCUT2D eigenvalue weighted by molar-refractivity contribution is 9.11. The summed E-state index contributed by atoms with van der Waals surface area (Å²) in [5, 5.41) is 11.3. The van der Waals surface area contributed by atoms with Crippen LogP contribution < -0.4 is 19.9 Å². The van der Waals surface area contributed by atoms with Crippen molar-refractivity contribution in [2.75, 3.05) is 46.7 Å². The SMILES string of the molecule is COc1cc2c(cc1OC)CCC(O)(CCCN(C)CCCOc1cc(Br)c(N)c(Br)c1)CC2. The number of nitrogens with zero attached hydrogens (tertiary/aromatic N) is 1. The van der Waals surface area contributed by atoms with Crippen molar-refractivity contribution in [3.8, 4) is 17.2 Å². The summed E-state index contributed by atoms with van der Waals surface area (Å²) < 4.78 is 18.4. The molecule has 1 aliphatic carbocycles. The fraction of sp³-hybridized carbons (Fsp3) is 0.538. The van der Waals surface area contributed by atoms with E-state index < -0.39 is 5.60 Å². The second-order valence-corrected chi connectivity index (χ2v) is 10.8. The van der Waals surface area contributed by atoms with Gasteiger partial charge in [0.1, 0.15) is 5.75 Å². The Kier molecular flexibility index (Phi) is 9.95. The highest BCUT2D eigenvalue weighted by Crippen LogP contribution is 2.37. The molecule has 2 aromatic rings. The molecule has 0 bridgehead atoms. The zero-order valence-electron chi connectivity index (χ0n) is 20.3. The molecule has 0 amide bonds. The minimum Gasteiger partial charge on any atom is -0.493 e. The molecule has 1 aliphatic rings. The molecule has 8 heteroatoms. The molecule has 0 heterocycles. The van der Waals surface area contributed by atoms with E-state index in [0.29, 0.717) is 12.3 Å². The number of rotatable bonds is 11. The minimum absolute atomic E-state index is 0.626. The van der Waals surface area contributed by atoms with Crippen molar-refractivity contribution in [1.82, 2.24) is 4.90 Å². The molecule has 34 heavy (non-hydrogen) atoms. The largest absolute Gasteiger partial charge is 0.493 e. The van der Waals surface area contributed by atoms with Gasteiger partial charge in [0.25, 0.3) is 0 Å². The molecule has 0 fully saturated rings. The lowest BCUT2D eigenvalue weighted by Gasteiger charge is -2.27. The van der Waals surface area contributed by atoms with Crippen LogP contribution in [0.25, 0.3) is 0 Å². The van der Waals surface area contributed by atoms with E-state index in [1.807, 2.05) is 12.1 Å². The third kappa shape index (κ3) is 7.26. The first-order valence-electron chi connectivity index (χ1n) is 11.8. The van der Waals surface area contributed by atoms with Gasteiger partial charge in [0, 0.05) is 15.5 Å². The van der Waals surface area contributed by atoms with Gasteiger partial charge in [-0.3, -0.25) is 0 Å². The van der Waals surface area contributed by atoms with Gasteiger partial charge in [-0.2, -0.15) is 0 Å². The maximum atomic E-state index is 11.3. The van der Waals surface area contributed by atoms with E-state index in [9.17, 15) is 5.11 Å². The van der Waals surface area contributed by atoms with E-state index in [1.165, 1.54) is 11.1 Å². The Labute approximate surface area is 220 Å². The van der Waals surface area contributed by atoms with Crippen LogP contribution in [0.1, 0.15) is 43.2 Å². The van der Waals surface area contributed by atoms with E-state index in [0.717, 1.165) is 84.2 Å². The first kappa shape index (κ1) is 27.1. The number of hydrogen-bond donors (Lipinski definition) is 2. The number of fused-ring (bicyclic) bond motifs is 1. The van der Waals surface area contributed by atoms with Crippen LogP contribution in [0.2, 0.25) is 0 Å². The number of benzene rings is 2. The molecule has 0 saturated carbocycles. The average Bonchev–Trinajstić information content (AvgIpc) is 2.98. The van der Waals surface area contributed by atoms with Crippen LogP contribution in [0.15, 0.2) is 33.2 Å². The van der Waals surface area contributed by atoms with Crippen LogP contribution in [0.3, 0.4) is 0 Å². The van der Waals surface area contributed by atoms with E-state index >= 15 is 0 Å². The zero-order valence-corrected chi connectivity index (χ0v) is 23.5. The molecule has 0 spiro atoms. The van der Waals surface area contributed by atoms with Crippen LogP contribution >= 0.6 is 31.9 Å². The molecule has 0 atom stereocenters. The molecule has 2 aromatic carbocycles. The minimum atomic E-state index is -0.626. The maximum Gasteiger partial charge on any atom is 0.161 e. The van der Waals surface area contributed by atoms with Crippen molar-refractivity contribution in [3.05, 3.63) is 44.3 Å². The Bertz CT molecular complexity index is 912. The Hall–Kier alpha value is -1.48. The predicted molar refractivity (Wildman–Crippen MR) is 144 cm³/mol. The Morgan fingerprint density at radius 1 is 0.941 bits per heavy atom. The molecule has 6 nitrogen and oxygen atoms in total. The van der Waals surface area contributed by atoms with Crippen LogP contribution in [0.5, 0.6) is 17.2 Å². The van der Waals surface area contributed by atoms with Gasteiger partial charge >= 0.3 is 0 Å². The normalized spacial score (nSPS) is 15.0. The summed E-state index contributed by atoms with van der Waals surface area (Å²) in [7, 11) is 5.45. The molecular formula is C26H36Br2N2O4. The smallest absolute Gasteiger partial charge is 0.161 e. The fourth-order valence-corrected chi connectivity index (χ4v) is 5.64. The van der Waals surface area contributed by atoms with Crippen molar-refractivity contribution in [3.63, 3.8) is 0 Å². The Balaban J connectivity index is 1.39. The van der Waals surface area contributed by atoms with E-state index in [2.05, 4.69) is 55.9 Å². The monoisotopic (exact) mass is 598 g/mol. The summed E-state index contributed by atoms with van der Waals surface area (Å²) in [5.74, 6) is 2.31. The highest BCUT2D eigenvalue weighted by Gasteiger charge is 2.30. The van der Waals surface area contributed by atoms with Gasteiger partial charge in [0.15, 0.2) is 11.5 Å². The second-order valence-electron chi connectivity index (χ2n) is 9.11. The lowest BCUT2D eigenvalue weighted by atomic mass is 9.89. The quantitative estimate of drug-likeness (QED) is 0.199. The third-order valence-electron chi connectivity index (χ3n) is 6.61. The second kappa shape index (κ2) is 12.5. The summed E-state index contributed by atoms with van der Waals surface area (Å²) >= 11 is 6.89. The summed E-state index contributed by atoms with van der Waals surface area (Å²) in [4.78, 5) is 2.31. The van der Waals surface area contributed by atoms with Crippen molar-refractivity contribution in [2.24, 2.45) is 0 Å². The van der Waals surface area contributed by atoms with Crippen LogP contribution in [0, 0.1) is 0 Å². The summed E-state index contributed by atoms with van der Waals surface area (Å²) in [6.07, 6.45) is 5.98. The Morgan fingerprint density at radius 2 is 1.47 bits per heavy atom. The number of anilines is 1.